The van der Waals surface area contributed by atoms with Crippen LogP contribution in [0.1, 0.15) is 45.7 Å². The van der Waals surface area contributed by atoms with Crippen molar-refractivity contribution in [2.24, 2.45) is 5.92 Å². The topological polar surface area (TPSA) is 97.6 Å². The van der Waals surface area contributed by atoms with Crippen LogP contribution in [0.3, 0.4) is 0 Å². The highest BCUT2D eigenvalue weighted by molar-refractivity contribution is 6.01. The van der Waals surface area contributed by atoms with Crippen LogP contribution < -0.4 is 10.7 Å². The molecule has 0 unspecified atom stereocenters. The van der Waals surface area contributed by atoms with Crippen molar-refractivity contribution < 1.29 is 28.2 Å². The van der Waals surface area contributed by atoms with E-state index in [1.54, 1.807) is 0 Å². The molecular weight excluding hydrogens is 398 g/mol. The number of carbonyl (C=O) groups is 2. The van der Waals surface area contributed by atoms with Crippen molar-refractivity contribution in [3.05, 3.63) is 63.1 Å². The van der Waals surface area contributed by atoms with Gasteiger partial charge < -0.3 is 19.7 Å². The number of nitrogens with one attached hydrogen (secondary N) is 1. The highest BCUT2D eigenvalue weighted by Gasteiger charge is 2.39. The van der Waals surface area contributed by atoms with Gasteiger partial charge in [-0.25, -0.2) is 8.78 Å². The number of Topliss-reactive ketones (excluding diaryl/α,β-unsaturated/α-hetero) is 1. The highest BCUT2D eigenvalue weighted by atomic mass is 19.1. The molecule has 3 heterocycles. The lowest BCUT2D eigenvalue weighted by Crippen LogP contribution is -2.42. The molecule has 1 aromatic heterocycles. The number of benzene rings is 1. The average molecular weight is 418 g/mol. The fraction of sp³-hybridized carbons (Fsp3) is 0.381. The van der Waals surface area contributed by atoms with Crippen LogP contribution in [-0.4, -0.2) is 34.1 Å². The Morgan fingerprint density at radius 2 is 2.07 bits per heavy atom. The summed E-state index contributed by atoms with van der Waals surface area (Å²) in [6, 6.07) is 2.93. The fourth-order valence-corrected chi connectivity index (χ4v) is 4.00. The second-order valence-electron chi connectivity index (χ2n) is 7.52. The lowest BCUT2D eigenvalue weighted by atomic mass is 9.86. The van der Waals surface area contributed by atoms with Gasteiger partial charge in [-0.15, -0.1) is 0 Å². The van der Waals surface area contributed by atoms with E-state index in [4.69, 9.17) is 4.74 Å². The number of carbonyl (C=O) groups excluding carboxylic acids is 2. The van der Waals surface area contributed by atoms with Crippen LogP contribution in [0, 0.1) is 17.6 Å². The van der Waals surface area contributed by atoms with E-state index in [9.17, 15) is 28.3 Å². The zero-order valence-corrected chi connectivity index (χ0v) is 16.0. The number of hydrogen-bond acceptors (Lipinski definition) is 5. The van der Waals surface area contributed by atoms with Crippen molar-refractivity contribution in [2.45, 2.75) is 38.5 Å². The number of aromatic hydroxyl groups is 1. The largest absolute Gasteiger partial charge is 0.503 e. The molecule has 30 heavy (non-hydrogen) atoms. The molecule has 0 radical (unpaired) electrons. The number of amides is 1. The second kappa shape index (κ2) is 7.98. The minimum absolute atomic E-state index is 0.0388. The number of aromatic nitrogens is 1. The van der Waals surface area contributed by atoms with E-state index in [0.717, 1.165) is 18.9 Å². The van der Waals surface area contributed by atoms with E-state index in [2.05, 4.69) is 5.32 Å². The van der Waals surface area contributed by atoms with E-state index < -0.39 is 40.7 Å². The van der Waals surface area contributed by atoms with Gasteiger partial charge in [0.15, 0.2) is 11.5 Å². The molecule has 2 aliphatic heterocycles. The molecule has 2 aliphatic rings. The van der Waals surface area contributed by atoms with Gasteiger partial charge in [0.05, 0.1) is 12.0 Å². The summed E-state index contributed by atoms with van der Waals surface area (Å²) in [4.78, 5) is 37.9. The van der Waals surface area contributed by atoms with E-state index >= 15 is 0 Å². The molecule has 0 aliphatic carbocycles. The molecule has 2 atom stereocenters. The first kappa shape index (κ1) is 20.2. The predicted octanol–water partition coefficient (Wildman–Crippen LogP) is 2.14. The van der Waals surface area contributed by atoms with E-state index in [-0.39, 0.29) is 35.7 Å². The maximum atomic E-state index is 13.8. The molecule has 0 saturated carbocycles. The van der Waals surface area contributed by atoms with Crippen molar-refractivity contribution in [3.63, 3.8) is 0 Å². The summed E-state index contributed by atoms with van der Waals surface area (Å²) < 4.78 is 33.9. The maximum absolute atomic E-state index is 13.8. The molecule has 2 aromatic rings. The first-order chi connectivity index (χ1) is 14.4. The highest BCUT2D eigenvalue weighted by Crippen LogP contribution is 2.32. The van der Waals surface area contributed by atoms with Gasteiger partial charge in [-0.3, -0.25) is 14.4 Å². The van der Waals surface area contributed by atoms with Crippen LogP contribution in [0.4, 0.5) is 8.78 Å². The normalized spacial score (nSPS) is 20.8. The molecule has 7 nitrogen and oxygen atoms in total. The molecule has 0 spiro atoms. The molecule has 1 saturated heterocycles. The number of ketones is 1. The summed E-state index contributed by atoms with van der Waals surface area (Å²) in [6.07, 6.45) is 3.09. The van der Waals surface area contributed by atoms with Crippen LogP contribution in [-0.2, 0) is 17.8 Å². The Balaban J connectivity index is 1.62. The third-order valence-electron chi connectivity index (χ3n) is 5.59. The van der Waals surface area contributed by atoms with Crippen LogP contribution >= 0.6 is 0 Å². The van der Waals surface area contributed by atoms with Gasteiger partial charge in [-0.2, -0.15) is 0 Å². The van der Waals surface area contributed by atoms with Crippen molar-refractivity contribution in [3.8, 4) is 5.75 Å². The van der Waals surface area contributed by atoms with Gasteiger partial charge in [0.25, 0.3) is 5.91 Å². The molecule has 1 aromatic carbocycles. The van der Waals surface area contributed by atoms with E-state index in [0.29, 0.717) is 19.1 Å². The predicted molar refractivity (Wildman–Crippen MR) is 101 cm³/mol. The van der Waals surface area contributed by atoms with E-state index in [1.165, 1.54) is 16.8 Å². The molecule has 0 bridgehead atoms. The molecular formula is C21H20F2N2O5. The van der Waals surface area contributed by atoms with Gasteiger partial charge in [0.2, 0.25) is 5.43 Å². The van der Waals surface area contributed by atoms with Crippen LogP contribution in [0.2, 0.25) is 0 Å². The zero-order valence-electron chi connectivity index (χ0n) is 16.0. The molecule has 158 valence electrons. The van der Waals surface area contributed by atoms with Gasteiger partial charge >= 0.3 is 0 Å². The molecule has 4 rings (SSSR count). The van der Waals surface area contributed by atoms with Gasteiger partial charge in [-0.1, -0.05) is 12.5 Å². The molecule has 2 N–H and O–H groups in total. The number of pyridine rings is 1. The Bertz CT molecular complexity index is 1080. The number of fused-ring (bicyclic) bond motifs is 2. The van der Waals surface area contributed by atoms with Crippen molar-refractivity contribution in [1.29, 1.82) is 0 Å². The fourth-order valence-electron chi connectivity index (χ4n) is 4.00. The molecule has 9 heteroatoms. The average Bonchev–Trinajstić information content (AvgIpc) is 2.95. The first-order valence-corrected chi connectivity index (χ1v) is 9.71. The Labute approximate surface area is 170 Å². The zero-order chi connectivity index (χ0) is 21.4. The van der Waals surface area contributed by atoms with E-state index in [1.807, 2.05) is 0 Å². The maximum Gasteiger partial charge on any atom is 0.257 e. The quantitative estimate of drug-likeness (QED) is 0.796. The van der Waals surface area contributed by atoms with Crippen LogP contribution in [0.25, 0.3) is 0 Å². The van der Waals surface area contributed by atoms with Crippen LogP contribution in [0.15, 0.2) is 29.2 Å². The third kappa shape index (κ3) is 3.60. The lowest BCUT2D eigenvalue weighted by molar-refractivity contribution is 0.00739. The Hall–Kier alpha value is -3.07. The molecule has 1 amide bonds. The van der Waals surface area contributed by atoms with Crippen molar-refractivity contribution in [1.82, 2.24) is 9.88 Å². The van der Waals surface area contributed by atoms with Crippen molar-refractivity contribution >= 4 is 11.7 Å². The number of rotatable bonds is 3. The Kier molecular flexibility index (Phi) is 5.38. The van der Waals surface area contributed by atoms with Gasteiger partial charge in [-0.05, 0) is 18.9 Å². The number of nitrogens with zero attached hydrogens (tertiary/aromatic N) is 1. The van der Waals surface area contributed by atoms with Crippen molar-refractivity contribution in [2.75, 3.05) is 6.61 Å². The minimum atomic E-state index is -0.973. The number of hydrogen-bond donors (Lipinski definition) is 2. The summed E-state index contributed by atoms with van der Waals surface area (Å²) in [5, 5.41) is 12.8. The third-order valence-corrected chi connectivity index (χ3v) is 5.59. The van der Waals surface area contributed by atoms with Gasteiger partial charge in [0.1, 0.15) is 22.9 Å². The minimum Gasteiger partial charge on any atom is -0.503 e. The number of halogens is 2. The summed E-state index contributed by atoms with van der Waals surface area (Å²) in [5.74, 6) is -4.00. The summed E-state index contributed by atoms with van der Waals surface area (Å²) in [7, 11) is 0. The molecule has 1 fully saturated rings. The van der Waals surface area contributed by atoms with Crippen LogP contribution in [0.5, 0.6) is 5.75 Å². The summed E-state index contributed by atoms with van der Waals surface area (Å²) in [5.41, 5.74) is -1.43. The van der Waals surface area contributed by atoms with Gasteiger partial charge in [0, 0.05) is 37.5 Å². The Morgan fingerprint density at radius 3 is 2.83 bits per heavy atom. The summed E-state index contributed by atoms with van der Waals surface area (Å²) >= 11 is 0. The first-order valence-electron chi connectivity index (χ1n) is 9.71. The Morgan fingerprint density at radius 1 is 1.27 bits per heavy atom. The smallest absolute Gasteiger partial charge is 0.257 e. The SMILES string of the molecule is O=C(NCc1ccc(F)cc1F)c1cn2c(c(O)c1=O)C(=O)[C@H]1CCCCO[C@@H]1C2. The summed E-state index contributed by atoms with van der Waals surface area (Å²) in [6.45, 7) is 0.471. The lowest BCUT2D eigenvalue weighted by Gasteiger charge is -2.32. The number of ether oxygens (including phenoxy) is 1. The second-order valence-corrected chi connectivity index (χ2v) is 7.52. The standard InChI is InChI=1S/C21H20F2N2O5/c22-12-5-4-11(15(23)7-12)8-24-21(29)14-9-25-10-16-13(3-1-2-6-30-16)18(26)17(25)20(28)19(14)27/h4-5,7,9,13,16,28H,1-3,6,8,10H2,(H,24,29)/t13-,16+/m0/s1. The monoisotopic (exact) mass is 418 g/mol.